The maximum atomic E-state index is 11.0. The number of carboxylic acids is 2. The zero-order valence-electron chi connectivity index (χ0n) is 19.9. The molecule has 0 aliphatic rings. The first kappa shape index (κ1) is 26.0. The summed E-state index contributed by atoms with van der Waals surface area (Å²) in [6.07, 6.45) is 0. The van der Waals surface area contributed by atoms with E-state index in [-0.39, 0.29) is 48.8 Å². The van der Waals surface area contributed by atoms with Crippen molar-refractivity contribution < 1.29 is 56.2 Å². The predicted octanol–water partition coefficient (Wildman–Crippen LogP) is 5.47. The molecule has 0 atom stereocenters. The van der Waals surface area contributed by atoms with Crippen LogP contribution in [0, 0.1) is 0 Å². The Hall–Kier alpha value is -4.10. The molecule has 2 heterocycles. The van der Waals surface area contributed by atoms with E-state index in [2.05, 4.69) is 0 Å². The summed E-state index contributed by atoms with van der Waals surface area (Å²) in [5.74, 6) is -2.66. The van der Waals surface area contributed by atoms with Crippen LogP contribution in [0.15, 0.2) is 72.8 Å². The molecule has 8 nitrogen and oxygen atoms in total. The molecule has 0 saturated carbocycles. The molecule has 37 heavy (non-hydrogen) atoms. The number of fused-ring (bicyclic) bond motifs is 6. The molecular formula is C28H22N2O6Zr. The van der Waals surface area contributed by atoms with Crippen LogP contribution in [0.1, 0.15) is 20.7 Å². The van der Waals surface area contributed by atoms with E-state index in [0.29, 0.717) is 0 Å². The number of aromatic nitrogens is 2. The van der Waals surface area contributed by atoms with Gasteiger partial charge in [-0.25, -0.2) is 9.59 Å². The van der Waals surface area contributed by atoms with Gasteiger partial charge in [0.15, 0.2) is 0 Å². The third-order valence-electron chi connectivity index (χ3n) is 6.52. The van der Waals surface area contributed by atoms with E-state index in [4.69, 9.17) is 10.2 Å². The van der Waals surface area contributed by atoms with Gasteiger partial charge in [0, 0.05) is 85.0 Å². The van der Waals surface area contributed by atoms with E-state index in [1.807, 2.05) is 71.8 Å². The Bertz CT molecular complexity index is 1720. The Balaban J connectivity index is 0.000000168. The molecule has 0 aliphatic heterocycles. The van der Waals surface area contributed by atoms with Gasteiger partial charge in [-0.3, -0.25) is 0 Å². The van der Waals surface area contributed by atoms with Crippen molar-refractivity contribution in [3.8, 4) is 11.5 Å². The van der Waals surface area contributed by atoms with Crippen LogP contribution in [0.5, 0.6) is 11.5 Å². The minimum Gasteiger partial charge on any atom is -0.507 e. The normalized spacial score (nSPS) is 10.9. The Labute approximate surface area is 229 Å². The predicted molar refractivity (Wildman–Crippen MR) is 138 cm³/mol. The van der Waals surface area contributed by atoms with Gasteiger partial charge in [-0.1, -0.05) is 36.4 Å². The van der Waals surface area contributed by atoms with Gasteiger partial charge in [0.25, 0.3) is 0 Å². The topological polar surface area (TPSA) is 125 Å². The molecule has 6 rings (SSSR count). The van der Waals surface area contributed by atoms with Gasteiger partial charge in [0.2, 0.25) is 0 Å². The first-order valence-electron chi connectivity index (χ1n) is 11.1. The number of hydrogen-bond acceptors (Lipinski definition) is 4. The summed E-state index contributed by atoms with van der Waals surface area (Å²) in [5, 5.41) is 41.2. The van der Waals surface area contributed by atoms with Crippen LogP contribution in [-0.2, 0) is 40.3 Å². The summed E-state index contributed by atoms with van der Waals surface area (Å²) in [7, 11) is 3.79. The van der Waals surface area contributed by atoms with Crippen LogP contribution >= 0.6 is 0 Å². The first-order valence-corrected chi connectivity index (χ1v) is 11.1. The van der Waals surface area contributed by atoms with Gasteiger partial charge in [-0.15, -0.1) is 0 Å². The number of aromatic carboxylic acids is 2. The number of aromatic hydroxyl groups is 2. The SMILES string of the molecule is Cn1c2ccccc2c2cc(C(=O)O)c(O)cc21.Cn1c2ccccc2c2cc(C(=O)O)c(O)cc21.[Zr]. The molecule has 4 aromatic carbocycles. The second kappa shape index (κ2) is 9.75. The summed E-state index contributed by atoms with van der Waals surface area (Å²) >= 11 is 0. The van der Waals surface area contributed by atoms with Crippen molar-refractivity contribution in [3.63, 3.8) is 0 Å². The summed E-state index contributed by atoms with van der Waals surface area (Å²) in [6.45, 7) is 0. The summed E-state index contributed by atoms with van der Waals surface area (Å²) in [6, 6.07) is 21.5. The van der Waals surface area contributed by atoms with Crippen molar-refractivity contribution in [2.75, 3.05) is 0 Å². The van der Waals surface area contributed by atoms with Gasteiger partial charge in [-0.05, 0) is 24.3 Å². The van der Waals surface area contributed by atoms with Gasteiger partial charge >= 0.3 is 11.9 Å². The van der Waals surface area contributed by atoms with Gasteiger partial charge in [-0.2, -0.15) is 0 Å². The maximum Gasteiger partial charge on any atom is 0.339 e. The summed E-state index contributed by atoms with van der Waals surface area (Å²) < 4.78 is 3.88. The van der Waals surface area contributed by atoms with Crippen LogP contribution in [0.25, 0.3) is 43.6 Å². The van der Waals surface area contributed by atoms with Crippen molar-refractivity contribution in [1.29, 1.82) is 0 Å². The molecule has 0 radical (unpaired) electrons. The van der Waals surface area contributed by atoms with Gasteiger partial charge < -0.3 is 29.6 Å². The Morgan fingerprint density at radius 1 is 0.568 bits per heavy atom. The minimum atomic E-state index is -1.12. The number of aryl methyl sites for hydroxylation is 2. The number of carbonyl (C=O) groups is 2. The van der Waals surface area contributed by atoms with Crippen molar-refractivity contribution in [2.45, 2.75) is 0 Å². The number of benzene rings is 4. The molecule has 0 aliphatic carbocycles. The number of carboxylic acid groups (broad SMARTS) is 2. The number of nitrogens with zero attached hydrogens (tertiary/aromatic N) is 2. The maximum absolute atomic E-state index is 11.0. The Kier molecular flexibility index (Phi) is 6.85. The molecule has 0 unspecified atom stereocenters. The molecule has 6 aromatic rings. The molecule has 4 N–H and O–H groups in total. The second-order valence-corrected chi connectivity index (χ2v) is 8.54. The van der Waals surface area contributed by atoms with E-state index in [1.165, 1.54) is 24.3 Å². The molecule has 9 heteroatoms. The Morgan fingerprint density at radius 2 is 0.919 bits per heavy atom. The van der Waals surface area contributed by atoms with Gasteiger partial charge in [0.05, 0.1) is 11.0 Å². The van der Waals surface area contributed by atoms with Crippen LogP contribution in [0.4, 0.5) is 0 Å². The van der Waals surface area contributed by atoms with Crippen LogP contribution < -0.4 is 0 Å². The quantitative estimate of drug-likeness (QED) is 0.218. The second-order valence-electron chi connectivity index (χ2n) is 8.54. The largest absolute Gasteiger partial charge is 0.507 e. The molecule has 2 aromatic heterocycles. The fourth-order valence-corrected chi connectivity index (χ4v) is 4.73. The average molecular weight is 574 g/mol. The third-order valence-corrected chi connectivity index (χ3v) is 6.52. The number of rotatable bonds is 2. The van der Waals surface area contributed by atoms with E-state index < -0.39 is 11.9 Å². The molecule has 0 amide bonds. The zero-order chi connectivity index (χ0) is 25.7. The minimum absolute atomic E-state index is 0. The Morgan fingerprint density at radius 3 is 1.27 bits per heavy atom. The molecule has 0 bridgehead atoms. The van der Waals surface area contributed by atoms with Crippen molar-refractivity contribution in [3.05, 3.63) is 83.9 Å². The number of para-hydroxylation sites is 2. The fourth-order valence-electron chi connectivity index (χ4n) is 4.73. The molecular weight excluding hydrogens is 552 g/mol. The molecule has 184 valence electrons. The summed E-state index contributed by atoms with van der Waals surface area (Å²) in [5.41, 5.74) is 3.51. The average Bonchev–Trinajstić information content (AvgIpc) is 3.29. The zero-order valence-corrected chi connectivity index (χ0v) is 22.4. The van der Waals surface area contributed by atoms with Crippen molar-refractivity contribution in [2.24, 2.45) is 14.1 Å². The first-order chi connectivity index (χ1) is 17.2. The smallest absolute Gasteiger partial charge is 0.339 e. The molecule has 0 spiro atoms. The van der Waals surface area contributed by atoms with E-state index >= 15 is 0 Å². The fraction of sp³-hybridized carbons (Fsp3) is 0.0714. The monoisotopic (exact) mass is 572 g/mol. The van der Waals surface area contributed by atoms with E-state index in [0.717, 1.165) is 43.6 Å². The van der Waals surface area contributed by atoms with Crippen LogP contribution in [-0.4, -0.2) is 41.5 Å². The number of hydrogen-bond donors (Lipinski definition) is 4. The number of phenols is 2. The molecule has 0 fully saturated rings. The van der Waals surface area contributed by atoms with Crippen molar-refractivity contribution >= 4 is 55.6 Å². The van der Waals surface area contributed by atoms with Crippen LogP contribution in [0.3, 0.4) is 0 Å². The molecule has 0 saturated heterocycles. The third kappa shape index (κ3) is 4.25. The van der Waals surface area contributed by atoms with Gasteiger partial charge in [0.1, 0.15) is 22.6 Å². The standard InChI is InChI=1S/2C14H11NO3.Zr/c2*1-15-11-5-3-2-4-8(11)9-6-10(14(17)18)13(16)7-12(9)15;/h2*2-7,16H,1H3,(H,17,18);. The van der Waals surface area contributed by atoms with Crippen molar-refractivity contribution in [1.82, 2.24) is 9.13 Å². The summed E-state index contributed by atoms with van der Waals surface area (Å²) in [4.78, 5) is 22.1. The van der Waals surface area contributed by atoms with E-state index in [1.54, 1.807) is 0 Å². The van der Waals surface area contributed by atoms with E-state index in [9.17, 15) is 19.8 Å². The van der Waals surface area contributed by atoms with Crippen LogP contribution in [0.2, 0.25) is 0 Å².